The first-order valence-corrected chi connectivity index (χ1v) is 14.6. The van der Waals surface area contributed by atoms with Crippen molar-refractivity contribution in [3.63, 3.8) is 0 Å². The quantitative estimate of drug-likeness (QED) is 0.281. The van der Waals surface area contributed by atoms with Crippen molar-refractivity contribution in [1.82, 2.24) is 25.1 Å². The van der Waals surface area contributed by atoms with Crippen LogP contribution in [0.2, 0.25) is 5.02 Å². The number of piperazine rings is 1. The van der Waals surface area contributed by atoms with Crippen molar-refractivity contribution in [2.24, 2.45) is 5.41 Å². The Labute approximate surface area is 249 Å². The maximum atomic E-state index is 14.1. The van der Waals surface area contributed by atoms with E-state index >= 15 is 0 Å². The fourth-order valence-corrected chi connectivity index (χ4v) is 6.76. The lowest BCUT2D eigenvalue weighted by Gasteiger charge is -2.42. The van der Waals surface area contributed by atoms with Gasteiger partial charge in [-0.15, -0.1) is 0 Å². The van der Waals surface area contributed by atoms with Gasteiger partial charge in [0.1, 0.15) is 23.2 Å². The molecule has 2 aromatic heterocycles. The first kappa shape index (κ1) is 28.2. The van der Waals surface area contributed by atoms with Crippen molar-refractivity contribution in [1.29, 1.82) is 0 Å². The Morgan fingerprint density at radius 1 is 1.10 bits per heavy atom. The first-order valence-electron chi connectivity index (χ1n) is 14.2. The minimum atomic E-state index is -0.714. The van der Waals surface area contributed by atoms with Gasteiger partial charge in [0.25, 0.3) is 11.8 Å². The number of aromatic nitrogens is 2. The summed E-state index contributed by atoms with van der Waals surface area (Å²) < 4.78 is 5.45. The van der Waals surface area contributed by atoms with E-state index in [0.717, 1.165) is 21.8 Å². The van der Waals surface area contributed by atoms with Crippen molar-refractivity contribution in [2.75, 3.05) is 20.2 Å². The summed E-state index contributed by atoms with van der Waals surface area (Å²) in [6.07, 6.45) is 1.16. The van der Waals surface area contributed by atoms with Gasteiger partial charge in [0, 0.05) is 34.4 Å². The number of likely N-dealkylation sites (tertiary alicyclic amines) is 2. The molecule has 9 nitrogen and oxygen atoms in total. The molecule has 2 saturated heterocycles. The van der Waals surface area contributed by atoms with Crippen molar-refractivity contribution < 1.29 is 19.1 Å². The van der Waals surface area contributed by atoms with E-state index in [-0.39, 0.29) is 29.2 Å². The summed E-state index contributed by atoms with van der Waals surface area (Å²) in [6.45, 7) is 9.04. The summed E-state index contributed by atoms with van der Waals surface area (Å²) >= 11 is 6.12. The van der Waals surface area contributed by atoms with Gasteiger partial charge in [-0.2, -0.15) is 0 Å². The van der Waals surface area contributed by atoms with E-state index in [1.165, 1.54) is 0 Å². The molecule has 10 heteroatoms. The van der Waals surface area contributed by atoms with E-state index in [1.807, 2.05) is 47.1 Å². The van der Waals surface area contributed by atoms with Crippen LogP contribution in [0.5, 0.6) is 5.75 Å². The third-order valence-electron chi connectivity index (χ3n) is 8.52. The molecule has 3 unspecified atom stereocenters. The Morgan fingerprint density at radius 3 is 2.55 bits per heavy atom. The number of benzene rings is 2. The molecule has 3 atom stereocenters. The summed E-state index contributed by atoms with van der Waals surface area (Å²) in [7, 11) is 1.61. The lowest BCUT2D eigenvalue weighted by atomic mass is 9.87. The third-order valence-corrected chi connectivity index (χ3v) is 8.75. The first-order chi connectivity index (χ1) is 19.8. The van der Waals surface area contributed by atoms with Crippen LogP contribution in [0.15, 0.2) is 48.5 Å². The summed E-state index contributed by atoms with van der Waals surface area (Å²) in [6, 6.07) is 13.9. The Balaban J connectivity index is 1.20. The molecule has 3 N–H and O–H groups in total. The fraction of sp³-hybridized carbons (Fsp3) is 0.406. The second-order valence-corrected chi connectivity index (χ2v) is 13.5. The van der Waals surface area contributed by atoms with Crippen LogP contribution in [0.1, 0.15) is 61.5 Å². The zero-order valence-corrected chi connectivity index (χ0v) is 25.3. The van der Waals surface area contributed by atoms with E-state index in [2.05, 4.69) is 36.1 Å². The van der Waals surface area contributed by atoms with Crippen molar-refractivity contribution in [3.8, 4) is 5.75 Å². The number of fused-ring (bicyclic) bond motifs is 4. The minimum absolute atomic E-state index is 0.0902. The summed E-state index contributed by atoms with van der Waals surface area (Å²) in [4.78, 5) is 51.2. The standard InChI is InChI=1S/C32H36ClN5O4/c1-31(2,3)15-25(36-28(39)23-11-18-9-10-20(33)13-22(18)34-23)30(41)38-16-21-14-32(38,4)17-37(21)29(40)24-12-19-7-6-8-26(42-5)27(19)35-24/h6-13,21,25,34-35H,14-17H2,1-5H3,(H,36,39). The molecule has 0 spiro atoms. The van der Waals surface area contributed by atoms with Crippen LogP contribution >= 0.6 is 11.6 Å². The zero-order chi connectivity index (χ0) is 30.0. The Morgan fingerprint density at radius 2 is 1.86 bits per heavy atom. The highest BCUT2D eigenvalue weighted by molar-refractivity contribution is 6.31. The number of hydrogen-bond donors (Lipinski definition) is 3. The molecule has 42 heavy (non-hydrogen) atoms. The summed E-state index contributed by atoms with van der Waals surface area (Å²) in [5.74, 6) is 0.129. The minimum Gasteiger partial charge on any atom is -0.495 e. The van der Waals surface area contributed by atoms with Crippen LogP contribution in [0.3, 0.4) is 0 Å². The van der Waals surface area contributed by atoms with Gasteiger partial charge in [-0.25, -0.2) is 0 Å². The van der Waals surface area contributed by atoms with Crippen LogP contribution < -0.4 is 10.1 Å². The zero-order valence-electron chi connectivity index (χ0n) is 24.5. The molecule has 2 bridgehead atoms. The van der Waals surface area contributed by atoms with Crippen LogP contribution in [0.25, 0.3) is 21.8 Å². The number of carbonyl (C=O) groups is 3. The van der Waals surface area contributed by atoms with E-state index in [1.54, 1.807) is 25.3 Å². The van der Waals surface area contributed by atoms with Crippen molar-refractivity contribution in [2.45, 2.75) is 58.2 Å². The highest BCUT2D eigenvalue weighted by Crippen LogP contribution is 2.41. The van der Waals surface area contributed by atoms with E-state index in [0.29, 0.717) is 48.1 Å². The van der Waals surface area contributed by atoms with Crippen molar-refractivity contribution in [3.05, 3.63) is 64.9 Å². The second-order valence-electron chi connectivity index (χ2n) is 13.0. The predicted octanol–water partition coefficient (Wildman–Crippen LogP) is 5.36. The number of halogens is 1. The SMILES string of the molecule is COc1cccc2cc(C(=O)N3CC4(C)CC3CN4C(=O)C(CC(C)(C)C)NC(=O)c3cc4ccc(Cl)cc4[nH]3)[nH]c12. The average Bonchev–Trinajstić information content (AvgIpc) is 3.70. The van der Waals surface area contributed by atoms with Crippen LogP contribution in [-0.4, -0.2) is 75.3 Å². The Kier molecular flexibility index (Phi) is 6.76. The molecule has 4 heterocycles. The largest absolute Gasteiger partial charge is 0.495 e. The predicted molar refractivity (Wildman–Crippen MR) is 163 cm³/mol. The molecular formula is C32H36ClN5O4. The molecule has 2 fully saturated rings. The monoisotopic (exact) mass is 589 g/mol. The summed E-state index contributed by atoms with van der Waals surface area (Å²) in [5, 5.41) is 5.36. The van der Waals surface area contributed by atoms with Gasteiger partial charge in [-0.1, -0.05) is 50.6 Å². The smallest absolute Gasteiger partial charge is 0.270 e. The number of methoxy groups -OCH3 is 1. The highest BCUT2D eigenvalue weighted by atomic mass is 35.5. The third kappa shape index (κ3) is 5.00. The second kappa shape index (κ2) is 10.1. The number of rotatable bonds is 6. The number of nitrogens with one attached hydrogen (secondary N) is 3. The molecule has 4 aromatic rings. The number of hydrogen-bond acceptors (Lipinski definition) is 4. The molecule has 0 radical (unpaired) electrons. The lowest BCUT2D eigenvalue weighted by molar-refractivity contribution is -0.139. The van der Waals surface area contributed by atoms with Gasteiger partial charge in [-0.3, -0.25) is 14.4 Å². The number of carbonyl (C=O) groups excluding carboxylic acids is 3. The van der Waals surface area contributed by atoms with E-state index in [9.17, 15) is 14.4 Å². The normalized spacial score (nSPS) is 20.9. The molecule has 2 aromatic carbocycles. The average molecular weight is 590 g/mol. The van der Waals surface area contributed by atoms with Gasteiger partial charge in [-0.05, 0) is 55.5 Å². The topological polar surface area (TPSA) is 111 Å². The number of aromatic amines is 2. The number of ether oxygens (including phenoxy) is 1. The molecule has 6 rings (SSSR count). The number of para-hydroxylation sites is 1. The molecule has 0 saturated carbocycles. The van der Waals surface area contributed by atoms with Gasteiger partial charge in [0.2, 0.25) is 5.91 Å². The van der Waals surface area contributed by atoms with Gasteiger partial charge in [0.15, 0.2) is 0 Å². The maximum Gasteiger partial charge on any atom is 0.270 e. The van der Waals surface area contributed by atoms with Crippen LogP contribution in [0, 0.1) is 5.41 Å². The number of nitrogens with zero attached hydrogens (tertiary/aromatic N) is 2. The lowest BCUT2D eigenvalue weighted by Crippen LogP contribution is -2.60. The van der Waals surface area contributed by atoms with Crippen LogP contribution in [0.4, 0.5) is 0 Å². The summed E-state index contributed by atoms with van der Waals surface area (Å²) in [5.41, 5.74) is 1.68. The van der Waals surface area contributed by atoms with Gasteiger partial charge >= 0.3 is 0 Å². The maximum absolute atomic E-state index is 14.1. The Bertz CT molecular complexity index is 1720. The molecule has 3 amide bonds. The van der Waals surface area contributed by atoms with Crippen LogP contribution in [-0.2, 0) is 4.79 Å². The molecule has 220 valence electrons. The van der Waals surface area contributed by atoms with E-state index in [4.69, 9.17) is 16.3 Å². The number of amides is 3. The van der Waals surface area contributed by atoms with Gasteiger partial charge < -0.3 is 29.8 Å². The van der Waals surface area contributed by atoms with Crippen molar-refractivity contribution >= 4 is 51.1 Å². The molecule has 2 aliphatic rings. The van der Waals surface area contributed by atoms with E-state index < -0.39 is 11.6 Å². The van der Waals surface area contributed by atoms with Gasteiger partial charge in [0.05, 0.1) is 24.2 Å². The fourth-order valence-electron chi connectivity index (χ4n) is 6.59. The highest BCUT2D eigenvalue weighted by Gasteiger charge is 2.56. The Hall–Kier alpha value is -3.98. The molecule has 0 aliphatic carbocycles. The molecule has 2 aliphatic heterocycles. The molecular weight excluding hydrogens is 554 g/mol. The number of H-pyrrole nitrogens is 2.